The number of nitrogens with one attached hydrogen (secondary N) is 4. The summed E-state index contributed by atoms with van der Waals surface area (Å²) in [5, 5.41) is 7.61. The van der Waals surface area contributed by atoms with Crippen LogP contribution in [0.1, 0.15) is 81.1 Å². The molecule has 8 N–H and O–H groups in total. The molecule has 8 rings (SSSR count). The second-order valence-corrected chi connectivity index (χ2v) is 16.4. The van der Waals surface area contributed by atoms with Crippen molar-refractivity contribution in [2.24, 2.45) is 21.5 Å². The molecule has 2 amide bonds. The quantitative estimate of drug-likeness (QED) is 0.0215. The monoisotopic (exact) mass is 908 g/mol. The number of imidazole rings is 2. The number of hydrogen-bond donors (Lipinski definition) is 6. The van der Waals surface area contributed by atoms with Gasteiger partial charge in [0.15, 0.2) is 0 Å². The molecule has 8 aromatic rings. The topological polar surface area (TPSA) is 192 Å². The van der Waals surface area contributed by atoms with E-state index in [1.54, 1.807) is 24.3 Å². The van der Waals surface area contributed by atoms with Gasteiger partial charge in [0.25, 0.3) is 11.8 Å². The number of hydrogen-bond acceptors (Lipinski definition) is 6. The number of para-hydroxylation sites is 2. The van der Waals surface area contributed by atoms with Crippen LogP contribution in [-0.4, -0.2) is 62.4 Å². The molecular formula is C50H47Cl2FN10O2. The molecule has 3 atom stereocenters. The molecule has 2 aromatic heterocycles. The van der Waals surface area contributed by atoms with E-state index in [0.29, 0.717) is 72.9 Å². The van der Waals surface area contributed by atoms with Crippen molar-refractivity contribution >= 4 is 79.5 Å². The molecular weight excluding hydrogens is 863 g/mol. The van der Waals surface area contributed by atoms with Crippen LogP contribution in [0.2, 0.25) is 0 Å². The van der Waals surface area contributed by atoms with Gasteiger partial charge in [-0.1, -0.05) is 72.8 Å². The van der Waals surface area contributed by atoms with Crippen molar-refractivity contribution in [3.05, 3.63) is 168 Å². The summed E-state index contributed by atoms with van der Waals surface area (Å²) in [7, 11) is 0. The summed E-state index contributed by atoms with van der Waals surface area (Å²) < 4.78 is 13.5. The molecule has 1 unspecified atom stereocenters. The summed E-state index contributed by atoms with van der Waals surface area (Å²) in [5.74, 6) is 1.16. The average molecular weight is 910 g/mol. The predicted molar refractivity (Wildman–Crippen MR) is 259 cm³/mol. The average Bonchev–Trinajstić information content (AvgIpc) is 3.98. The minimum absolute atomic E-state index is 0.147. The van der Waals surface area contributed by atoms with Gasteiger partial charge in [0.05, 0.1) is 40.0 Å². The normalized spacial score (nSPS) is 13.5. The van der Waals surface area contributed by atoms with Crippen LogP contribution in [0, 0.1) is 5.82 Å². The van der Waals surface area contributed by atoms with Crippen LogP contribution >= 0.6 is 23.2 Å². The van der Waals surface area contributed by atoms with Crippen LogP contribution in [0.4, 0.5) is 4.39 Å². The lowest BCUT2D eigenvalue weighted by Crippen LogP contribution is -2.29. The van der Waals surface area contributed by atoms with Crippen molar-refractivity contribution in [2.45, 2.75) is 43.1 Å². The van der Waals surface area contributed by atoms with Gasteiger partial charge in [0, 0.05) is 24.2 Å². The molecule has 0 radical (unpaired) electrons. The minimum atomic E-state index is -0.733. The molecule has 0 aliphatic heterocycles. The van der Waals surface area contributed by atoms with Gasteiger partial charge in [-0.25, -0.2) is 14.4 Å². The van der Waals surface area contributed by atoms with E-state index in [-0.39, 0.29) is 29.3 Å². The third-order valence-corrected chi connectivity index (χ3v) is 11.9. The fourth-order valence-electron chi connectivity index (χ4n) is 7.65. The van der Waals surface area contributed by atoms with E-state index in [1.165, 1.54) is 12.1 Å². The maximum Gasteiger partial charge on any atom is 0.251 e. The zero-order valence-electron chi connectivity index (χ0n) is 35.3. The Bertz CT molecular complexity index is 2970. The first kappa shape index (κ1) is 44.5. The Balaban J connectivity index is 0.936. The smallest absolute Gasteiger partial charge is 0.251 e. The lowest BCUT2D eigenvalue weighted by atomic mass is 10.0. The zero-order chi connectivity index (χ0) is 45.3. The molecule has 0 saturated heterocycles. The molecule has 65 heavy (non-hydrogen) atoms. The van der Waals surface area contributed by atoms with E-state index in [9.17, 15) is 14.0 Å². The van der Waals surface area contributed by atoms with Gasteiger partial charge in [-0.2, -0.15) is 0 Å². The van der Waals surface area contributed by atoms with E-state index in [1.807, 2.05) is 97.1 Å². The number of halogens is 3. The summed E-state index contributed by atoms with van der Waals surface area (Å²) in [6, 6.07) is 39.3. The van der Waals surface area contributed by atoms with Crippen molar-refractivity contribution in [1.29, 1.82) is 0 Å². The highest BCUT2D eigenvalue weighted by molar-refractivity contribution is 6.31. The van der Waals surface area contributed by atoms with E-state index in [2.05, 4.69) is 30.6 Å². The number of alkyl halides is 2. The Labute approximate surface area is 384 Å². The first-order valence-corrected chi connectivity index (χ1v) is 22.3. The lowest BCUT2D eigenvalue weighted by molar-refractivity contribution is 0.0924. The van der Waals surface area contributed by atoms with Crippen LogP contribution in [-0.2, 0) is 0 Å². The maximum atomic E-state index is 13.6. The molecule has 12 nitrogen and oxygen atoms in total. The van der Waals surface area contributed by atoms with Crippen molar-refractivity contribution < 1.29 is 14.0 Å². The number of nitrogens with two attached hydrogens (primary N) is 2. The number of benzene rings is 6. The second-order valence-electron chi connectivity index (χ2n) is 15.7. The molecule has 0 bridgehead atoms. The zero-order valence-corrected chi connectivity index (χ0v) is 36.8. The Kier molecular flexibility index (Phi) is 14.1. The standard InChI is InChI=1S/C50H47Cl2FN10O2/c51-29-44(54)56-25-5-11-42(63-50(65)36-18-15-30-7-1-2-8-34(30)27-36)48-60-40-24-21-35(28-43(40)61-48)45(52)46(55)57-26-6-12-41(47-58-38-9-3-4-10-39(38)59-47)62-49(64)33-16-13-31(14-17-33)32-19-22-37(53)23-20-32/h1-4,7-10,13-24,27-28,41-42,45H,5-6,11-12,25-26,29H2,(H2,54,56)(H2,55,57)(H,58,59)(H,60,61)(H,62,64)(H,63,65)/t41-,42-,45?/m0/s1. The molecule has 0 fully saturated rings. The first-order chi connectivity index (χ1) is 31.6. The minimum Gasteiger partial charge on any atom is -0.386 e. The molecule has 15 heteroatoms. The molecule has 330 valence electrons. The molecule has 6 aromatic carbocycles. The van der Waals surface area contributed by atoms with Gasteiger partial charge in [-0.05, 0) is 114 Å². The van der Waals surface area contributed by atoms with E-state index in [0.717, 1.165) is 44.0 Å². The van der Waals surface area contributed by atoms with E-state index in [4.69, 9.17) is 44.6 Å². The molecule has 0 aliphatic carbocycles. The number of aliphatic imine (C=N–C) groups is 2. The number of aromatic nitrogens is 4. The fourth-order valence-corrected chi connectivity index (χ4v) is 7.94. The predicted octanol–water partition coefficient (Wildman–Crippen LogP) is 9.83. The number of amidine groups is 2. The highest BCUT2D eigenvalue weighted by Gasteiger charge is 2.22. The van der Waals surface area contributed by atoms with Crippen LogP contribution in [0.15, 0.2) is 143 Å². The number of amides is 2. The van der Waals surface area contributed by atoms with E-state index >= 15 is 0 Å². The Hall–Kier alpha value is -7.09. The SMILES string of the molecule is NC(CCl)=NCCC[C@H](NC(=O)c1ccc2ccccc2c1)c1nc2ccc(C(Cl)C(N)=NCCC[C@H](NC(=O)c3ccc(-c4ccc(F)cc4)cc3)c3nc4ccccc4[nH]3)cc2[nH]1. The third kappa shape index (κ3) is 11.0. The Morgan fingerprint density at radius 1 is 0.646 bits per heavy atom. The van der Waals surface area contributed by atoms with Crippen LogP contribution in [0.5, 0.6) is 0 Å². The van der Waals surface area contributed by atoms with Gasteiger partial charge in [0.1, 0.15) is 34.5 Å². The highest BCUT2D eigenvalue weighted by Crippen LogP contribution is 2.28. The van der Waals surface area contributed by atoms with Crippen molar-refractivity contribution in [1.82, 2.24) is 30.6 Å². The largest absolute Gasteiger partial charge is 0.386 e. The number of rotatable bonds is 18. The van der Waals surface area contributed by atoms with Gasteiger partial charge < -0.3 is 32.1 Å². The second kappa shape index (κ2) is 20.6. The highest BCUT2D eigenvalue weighted by atomic mass is 35.5. The van der Waals surface area contributed by atoms with Gasteiger partial charge in [0.2, 0.25) is 0 Å². The first-order valence-electron chi connectivity index (χ1n) is 21.3. The maximum absolute atomic E-state index is 13.6. The fraction of sp³-hybridized carbons (Fsp3) is 0.200. The van der Waals surface area contributed by atoms with Crippen molar-refractivity contribution in [3.63, 3.8) is 0 Å². The number of carbonyl (C=O) groups excluding carboxylic acids is 2. The Morgan fingerprint density at radius 3 is 1.89 bits per heavy atom. The Morgan fingerprint density at radius 2 is 1.22 bits per heavy atom. The molecule has 0 aliphatic rings. The number of H-pyrrole nitrogens is 2. The third-order valence-electron chi connectivity index (χ3n) is 11.1. The summed E-state index contributed by atoms with van der Waals surface area (Å²) in [6.07, 6.45) is 2.24. The summed E-state index contributed by atoms with van der Waals surface area (Å²) in [6.45, 7) is 0.798. The van der Waals surface area contributed by atoms with Crippen molar-refractivity contribution in [2.75, 3.05) is 19.0 Å². The van der Waals surface area contributed by atoms with E-state index < -0.39 is 17.5 Å². The number of fused-ring (bicyclic) bond motifs is 3. The van der Waals surface area contributed by atoms with Crippen LogP contribution in [0.3, 0.4) is 0 Å². The number of nitrogens with zero attached hydrogens (tertiary/aromatic N) is 4. The lowest BCUT2D eigenvalue weighted by Gasteiger charge is -2.17. The summed E-state index contributed by atoms with van der Waals surface area (Å²) in [4.78, 5) is 52.6. The summed E-state index contributed by atoms with van der Waals surface area (Å²) >= 11 is 12.8. The number of carbonyl (C=O) groups is 2. The van der Waals surface area contributed by atoms with Gasteiger partial charge >= 0.3 is 0 Å². The van der Waals surface area contributed by atoms with Crippen LogP contribution < -0.4 is 22.1 Å². The molecule has 2 heterocycles. The molecule has 0 saturated carbocycles. The van der Waals surface area contributed by atoms with Crippen LogP contribution in [0.25, 0.3) is 44.0 Å². The number of aromatic amines is 2. The molecule has 0 spiro atoms. The summed E-state index contributed by atoms with van der Waals surface area (Å²) in [5.41, 5.74) is 18.8. The van der Waals surface area contributed by atoms with Gasteiger partial charge in [-0.15, -0.1) is 23.2 Å². The van der Waals surface area contributed by atoms with Gasteiger partial charge in [-0.3, -0.25) is 19.6 Å². The van der Waals surface area contributed by atoms with Crippen molar-refractivity contribution in [3.8, 4) is 11.1 Å².